The van der Waals surface area contributed by atoms with E-state index in [2.05, 4.69) is 5.32 Å². The zero-order valence-electron chi connectivity index (χ0n) is 20.0. The number of carboxylic acid groups (broad SMARTS) is 1. The smallest absolute Gasteiger partial charge is 0.336 e. The van der Waals surface area contributed by atoms with Gasteiger partial charge in [-0.2, -0.15) is 0 Å². The van der Waals surface area contributed by atoms with Crippen molar-refractivity contribution < 1.29 is 19.2 Å². The van der Waals surface area contributed by atoms with Crippen molar-refractivity contribution in [3.8, 4) is 11.1 Å². The number of carboxylic acids is 1. The van der Waals surface area contributed by atoms with Gasteiger partial charge in [-0.1, -0.05) is 68.5 Å². The highest BCUT2D eigenvalue weighted by Crippen LogP contribution is 2.30. The molecule has 3 aromatic carbocycles. The molecule has 0 heterocycles. The van der Waals surface area contributed by atoms with E-state index in [9.17, 15) is 24.4 Å². The fraction of sp³-hybridized carbons (Fsp3) is 0.276. The van der Waals surface area contributed by atoms with Crippen LogP contribution in [0.1, 0.15) is 60.0 Å². The van der Waals surface area contributed by atoms with Crippen LogP contribution in [0.5, 0.6) is 0 Å². The summed E-state index contributed by atoms with van der Waals surface area (Å²) < 4.78 is 13.3. The second-order valence-corrected chi connectivity index (χ2v) is 9.20. The van der Waals surface area contributed by atoms with Crippen molar-refractivity contribution >= 4 is 29.5 Å². The Labute approximate surface area is 209 Å². The predicted molar refractivity (Wildman–Crippen MR) is 141 cm³/mol. The number of hydrogen-bond acceptors (Lipinski definition) is 4. The Kier molecular flexibility index (Phi) is 8.10. The fourth-order valence-electron chi connectivity index (χ4n) is 4.74. The van der Waals surface area contributed by atoms with Gasteiger partial charge in [0.15, 0.2) is 0 Å². The summed E-state index contributed by atoms with van der Waals surface area (Å²) in [6.45, 7) is 0.693. The summed E-state index contributed by atoms with van der Waals surface area (Å²) in [6.07, 6.45) is 10.6. The highest BCUT2D eigenvalue weighted by Gasteiger charge is 2.17. The lowest BCUT2D eigenvalue weighted by Crippen LogP contribution is -2.12. The molecule has 1 aliphatic carbocycles. The minimum Gasteiger partial charge on any atom is -0.478 e. The lowest BCUT2D eigenvalue weighted by molar-refractivity contribution is -0.384. The zero-order chi connectivity index (χ0) is 25.5. The molecule has 1 saturated carbocycles. The van der Waals surface area contributed by atoms with Crippen LogP contribution in [-0.2, 0) is 0 Å². The van der Waals surface area contributed by atoms with Gasteiger partial charge in [0, 0.05) is 12.6 Å². The maximum atomic E-state index is 13.3. The van der Waals surface area contributed by atoms with E-state index in [0.29, 0.717) is 29.3 Å². The van der Waals surface area contributed by atoms with Crippen LogP contribution >= 0.6 is 0 Å². The summed E-state index contributed by atoms with van der Waals surface area (Å²) in [5, 5.41) is 24.6. The molecule has 0 atom stereocenters. The molecule has 0 saturated heterocycles. The number of nitro groups is 1. The van der Waals surface area contributed by atoms with Crippen LogP contribution < -0.4 is 5.32 Å². The number of rotatable bonds is 9. The Morgan fingerprint density at radius 1 is 1.00 bits per heavy atom. The molecule has 3 aromatic rings. The van der Waals surface area contributed by atoms with Crippen LogP contribution in [0.25, 0.3) is 23.3 Å². The van der Waals surface area contributed by atoms with Gasteiger partial charge in [-0.3, -0.25) is 10.1 Å². The number of halogens is 1. The van der Waals surface area contributed by atoms with Gasteiger partial charge in [0.1, 0.15) is 11.5 Å². The largest absolute Gasteiger partial charge is 0.478 e. The third-order valence-corrected chi connectivity index (χ3v) is 6.73. The monoisotopic (exact) mass is 488 g/mol. The minimum absolute atomic E-state index is 0.0145. The molecule has 0 spiro atoms. The number of benzene rings is 3. The van der Waals surface area contributed by atoms with Gasteiger partial charge in [-0.15, -0.1) is 0 Å². The second-order valence-electron chi connectivity index (χ2n) is 9.20. The molecular formula is C29H29FN2O4. The first-order valence-corrected chi connectivity index (χ1v) is 12.2. The summed E-state index contributed by atoms with van der Waals surface area (Å²) in [7, 11) is 0. The third kappa shape index (κ3) is 6.36. The average Bonchev–Trinajstić information content (AvgIpc) is 2.88. The van der Waals surface area contributed by atoms with Crippen molar-refractivity contribution in [2.75, 3.05) is 11.9 Å². The topological polar surface area (TPSA) is 92.5 Å². The predicted octanol–water partition coefficient (Wildman–Crippen LogP) is 7.65. The van der Waals surface area contributed by atoms with E-state index in [-0.39, 0.29) is 17.1 Å². The van der Waals surface area contributed by atoms with Gasteiger partial charge in [0.2, 0.25) is 0 Å². The number of nitrogens with zero attached hydrogens (tertiary/aromatic N) is 1. The average molecular weight is 489 g/mol. The van der Waals surface area contributed by atoms with E-state index in [1.807, 2.05) is 0 Å². The van der Waals surface area contributed by atoms with Crippen LogP contribution in [0.3, 0.4) is 0 Å². The van der Waals surface area contributed by atoms with Crippen molar-refractivity contribution in [3.05, 3.63) is 93.3 Å². The summed E-state index contributed by atoms with van der Waals surface area (Å²) in [5.74, 6) is -0.750. The maximum absolute atomic E-state index is 13.3. The zero-order valence-corrected chi connectivity index (χ0v) is 20.0. The van der Waals surface area contributed by atoms with Crippen LogP contribution in [0.4, 0.5) is 15.8 Å². The minimum atomic E-state index is -1.08. The first-order chi connectivity index (χ1) is 17.4. The highest BCUT2D eigenvalue weighted by atomic mass is 19.1. The molecule has 6 nitrogen and oxygen atoms in total. The Hall–Kier alpha value is -4.00. The van der Waals surface area contributed by atoms with Crippen molar-refractivity contribution in [1.29, 1.82) is 0 Å². The molecule has 2 N–H and O–H groups in total. The molecule has 7 heteroatoms. The maximum Gasteiger partial charge on any atom is 0.336 e. The summed E-state index contributed by atoms with van der Waals surface area (Å²) in [6, 6.07) is 15.8. The van der Waals surface area contributed by atoms with Gasteiger partial charge in [-0.05, 0) is 64.9 Å². The first-order valence-electron chi connectivity index (χ1n) is 12.2. The highest BCUT2D eigenvalue weighted by molar-refractivity contribution is 5.94. The third-order valence-electron chi connectivity index (χ3n) is 6.73. The molecule has 0 bridgehead atoms. The van der Waals surface area contributed by atoms with Crippen LogP contribution in [0.15, 0.2) is 60.7 Å². The van der Waals surface area contributed by atoms with Gasteiger partial charge in [0.25, 0.3) is 5.69 Å². The molecule has 0 amide bonds. The molecular weight excluding hydrogens is 459 g/mol. The van der Waals surface area contributed by atoms with E-state index >= 15 is 0 Å². The number of hydrogen-bond donors (Lipinski definition) is 2. The molecule has 0 unspecified atom stereocenters. The molecule has 0 aromatic heterocycles. The van der Waals surface area contributed by atoms with Crippen molar-refractivity contribution in [3.63, 3.8) is 0 Å². The van der Waals surface area contributed by atoms with Gasteiger partial charge in [-0.25, -0.2) is 9.18 Å². The number of carbonyl (C=O) groups is 1. The lowest BCUT2D eigenvalue weighted by Gasteiger charge is -2.21. The number of nitro benzene ring substituents is 1. The van der Waals surface area contributed by atoms with Crippen LogP contribution in [-0.4, -0.2) is 22.5 Å². The van der Waals surface area contributed by atoms with E-state index < -0.39 is 10.9 Å². The molecule has 1 aliphatic rings. The van der Waals surface area contributed by atoms with Gasteiger partial charge >= 0.3 is 5.97 Å². The van der Waals surface area contributed by atoms with Crippen LogP contribution in [0, 0.1) is 21.8 Å². The summed E-state index contributed by atoms with van der Waals surface area (Å²) in [5.41, 5.74) is 3.10. The fourth-order valence-corrected chi connectivity index (χ4v) is 4.74. The number of nitrogens with one attached hydrogen (secondary N) is 1. The Balaban J connectivity index is 1.54. The Morgan fingerprint density at radius 3 is 2.42 bits per heavy atom. The summed E-state index contributed by atoms with van der Waals surface area (Å²) >= 11 is 0. The van der Waals surface area contributed by atoms with Gasteiger partial charge < -0.3 is 10.4 Å². The molecule has 0 radical (unpaired) electrons. The first kappa shape index (κ1) is 25.1. The normalized spacial score (nSPS) is 14.1. The molecule has 1 fully saturated rings. The van der Waals surface area contributed by atoms with Crippen molar-refractivity contribution in [2.24, 2.45) is 5.92 Å². The number of anilines is 1. The number of aromatic carboxylic acids is 1. The van der Waals surface area contributed by atoms with Crippen molar-refractivity contribution in [1.82, 2.24) is 0 Å². The van der Waals surface area contributed by atoms with E-state index in [0.717, 1.165) is 17.5 Å². The standard InChI is InChI=1S/C29H29FN2O4/c30-25-12-9-22(10-13-25)23-11-14-26(29(33)34)24(19-23)8-6-21-7-15-27(28(18-21)32(35)36)31-17-16-20-4-2-1-3-5-20/h6-15,18-20,31H,1-5,16-17H2,(H,33,34)/b8-6+. The van der Waals surface area contributed by atoms with E-state index in [4.69, 9.17) is 0 Å². The van der Waals surface area contributed by atoms with E-state index in [1.54, 1.807) is 48.6 Å². The Bertz CT molecular complexity index is 1260. The second kappa shape index (κ2) is 11.6. The molecule has 4 rings (SSSR count). The van der Waals surface area contributed by atoms with Crippen LogP contribution in [0.2, 0.25) is 0 Å². The SMILES string of the molecule is O=C(O)c1ccc(-c2ccc(F)cc2)cc1/C=C/c1ccc(NCCC2CCCCC2)c([N+](=O)[O-])c1. The van der Waals surface area contributed by atoms with Crippen molar-refractivity contribution in [2.45, 2.75) is 38.5 Å². The quantitative estimate of drug-likeness (QED) is 0.183. The molecule has 36 heavy (non-hydrogen) atoms. The van der Waals surface area contributed by atoms with E-state index in [1.165, 1.54) is 56.4 Å². The lowest BCUT2D eigenvalue weighted by atomic mass is 9.87. The molecule has 0 aliphatic heterocycles. The summed E-state index contributed by atoms with van der Waals surface area (Å²) in [4.78, 5) is 23.1. The van der Waals surface area contributed by atoms with Gasteiger partial charge in [0.05, 0.1) is 10.5 Å². The Morgan fingerprint density at radius 2 is 1.72 bits per heavy atom. The molecule has 186 valence electrons.